The van der Waals surface area contributed by atoms with Gasteiger partial charge in [0.05, 0.1) is 0 Å². The summed E-state index contributed by atoms with van der Waals surface area (Å²) < 4.78 is 5.25. The standard InChI is InChI=1S/C11H22N4O3/c1-10(2,3)18-9(17)15-7-5-4-6-11(15,12)8(16)14-13/h4-7,12-13H2,1-3H3,(H,14,16). The molecule has 1 aliphatic heterocycles. The molecule has 0 spiro atoms. The maximum absolute atomic E-state index is 12.1. The highest BCUT2D eigenvalue weighted by Crippen LogP contribution is 2.25. The number of likely N-dealkylation sites (tertiary alicyclic amines) is 1. The van der Waals surface area contributed by atoms with E-state index in [-0.39, 0.29) is 0 Å². The van der Waals surface area contributed by atoms with Crippen molar-refractivity contribution in [1.82, 2.24) is 10.3 Å². The van der Waals surface area contributed by atoms with Crippen LogP contribution in [0.5, 0.6) is 0 Å². The summed E-state index contributed by atoms with van der Waals surface area (Å²) in [5.74, 6) is 4.54. The molecule has 5 N–H and O–H groups in total. The third-order valence-corrected chi connectivity index (χ3v) is 2.81. The van der Waals surface area contributed by atoms with Crippen LogP contribution in [-0.2, 0) is 9.53 Å². The van der Waals surface area contributed by atoms with Crippen molar-refractivity contribution in [2.75, 3.05) is 6.54 Å². The van der Waals surface area contributed by atoms with E-state index >= 15 is 0 Å². The molecule has 0 aliphatic carbocycles. The highest BCUT2D eigenvalue weighted by Gasteiger charge is 2.45. The Morgan fingerprint density at radius 2 is 1.94 bits per heavy atom. The van der Waals surface area contributed by atoms with E-state index in [1.165, 1.54) is 4.90 Å². The number of amides is 2. The molecule has 7 nitrogen and oxygen atoms in total. The number of hydrazine groups is 1. The van der Waals surface area contributed by atoms with Gasteiger partial charge in [0.2, 0.25) is 0 Å². The maximum atomic E-state index is 12.1. The summed E-state index contributed by atoms with van der Waals surface area (Å²) in [6, 6.07) is 0. The van der Waals surface area contributed by atoms with Crippen molar-refractivity contribution in [2.24, 2.45) is 11.6 Å². The Morgan fingerprint density at radius 3 is 2.44 bits per heavy atom. The molecule has 0 bridgehead atoms. The first-order valence-electron chi connectivity index (χ1n) is 6.01. The van der Waals surface area contributed by atoms with Gasteiger partial charge in [-0.15, -0.1) is 0 Å². The number of carbonyl (C=O) groups is 2. The second-order valence-corrected chi connectivity index (χ2v) is 5.49. The van der Waals surface area contributed by atoms with Gasteiger partial charge in [0, 0.05) is 6.54 Å². The molecule has 1 unspecified atom stereocenters. The van der Waals surface area contributed by atoms with Crippen molar-refractivity contribution in [2.45, 2.75) is 51.3 Å². The molecule has 1 heterocycles. The molecule has 2 amide bonds. The van der Waals surface area contributed by atoms with Gasteiger partial charge >= 0.3 is 6.09 Å². The molecule has 104 valence electrons. The average Bonchev–Trinajstić information content (AvgIpc) is 2.26. The zero-order valence-electron chi connectivity index (χ0n) is 11.2. The van der Waals surface area contributed by atoms with Crippen molar-refractivity contribution >= 4 is 12.0 Å². The van der Waals surface area contributed by atoms with Gasteiger partial charge in [-0.2, -0.15) is 0 Å². The van der Waals surface area contributed by atoms with Gasteiger partial charge < -0.3 is 10.5 Å². The fourth-order valence-electron chi connectivity index (χ4n) is 1.93. The molecule has 1 fully saturated rings. The Balaban J connectivity index is 2.89. The minimum Gasteiger partial charge on any atom is -0.444 e. The Hall–Kier alpha value is -1.34. The number of ether oxygens (including phenoxy) is 1. The van der Waals surface area contributed by atoms with Crippen LogP contribution in [0.3, 0.4) is 0 Å². The van der Waals surface area contributed by atoms with Gasteiger partial charge in [-0.25, -0.2) is 10.6 Å². The molecule has 1 atom stereocenters. The van der Waals surface area contributed by atoms with Crippen molar-refractivity contribution < 1.29 is 14.3 Å². The Morgan fingerprint density at radius 1 is 1.33 bits per heavy atom. The number of nitrogens with one attached hydrogen (secondary N) is 1. The Kier molecular flexibility index (Phi) is 4.18. The monoisotopic (exact) mass is 258 g/mol. The largest absolute Gasteiger partial charge is 0.444 e. The molecule has 18 heavy (non-hydrogen) atoms. The number of nitrogens with two attached hydrogens (primary N) is 2. The van der Waals surface area contributed by atoms with E-state index in [0.29, 0.717) is 13.0 Å². The van der Waals surface area contributed by atoms with Crippen LogP contribution < -0.4 is 17.0 Å². The van der Waals surface area contributed by atoms with Gasteiger partial charge in [0.25, 0.3) is 5.91 Å². The molecule has 1 saturated heterocycles. The zero-order chi connectivity index (χ0) is 14.0. The van der Waals surface area contributed by atoms with E-state index in [0.717, 1.165) is 12.8 Å². The van der Waals surface area contributed by atoms with Gasteiger partial charge in [-0.05, 0) is 40.0 Å². The van der Waals surface area contributed by atoms with E-state index in [1.807, 2.05) is 5.43 Å². The van der Waals surface area contributed by atoms with Gasteiger partial charge in [-0.3, -0.25) is 15.1 Å². The fraction of sp³-hybridized carbons (Fsp3) is 0.818. The highest BCUT2D eigenvalue weighted by molar-refractivity contribution is 5.89. The minimum atomic E-state index is -1.42. The van der Waals surface area contributed by atoms with Crippen LogP contribution in [0.25, 0.3) is 0 Å². The number of hydrogen-bond acceptors (Lipinski definition) is 5. The minimum absolute atomic E-state index is 0.370. The molecule has 1 aliphatic rings. The van der Waals surface area contributed by atoms with E-state index in [4.69, 9.17) is 16.3 Å². The topological polar surface area (TPSA) is 111 Å². The van der Waals surface area contributed by atoms with Crippen LogP contribution in [0.4, 0.5) is 4.79 Å². The summed E-state index contributed by atoms with van der Waals surface area (Å²) in [6.45, 7) is 5.67. The van der Waals surface area contributed by atoms with Crippen molar-refractivity contribution in [3.05, 3.63) is 0 Å². The molecule has 0 radical (unpaired) electrons. The summed E-state index contributed by atoms with van der Waals surface area (Å²) in [7, 11) is 0. The second-order valence-electron chi connectivity index (χ2n) is 5.49. The molecule has 0 aromatic rings. The van der Waals surface area contributed by atoms with E-state index in [2.05, 4.69) is 0 Å². The smallest absolute Gasteiger partial charge is 0.412 e. The summed E-state index contributed by atoms with van der Waals surface area (Å²) in [4.78, 5) is 25.1. The summed E-state index contributed by atoms with van der Waals surface area (Å²) >= 11 is 0. The number of hydrogen-bond donors (Lipinski definition) is 3. The zero-order valence-corrected chi connectivity index (χ0v) is 11.2. The Bertz CT molecular complexity index is 340. The highest BCUT2D eigenvalue weighted by atomic mass is 16.6. The first-order chi connectivity index (χ1) is 8.20. The molecular formula is C11H22N4O3. The van der Waals surface area contributed by atoms with E-state index < -0.39 is 23.3 Å². The molecule has 1 rings (SSSR count). The first-order valence-corrected chi connectivity index (χ1v) is 6.01. The van der Waals surface area contributed by atoms with Crippen molar-refractivity contribution in [3.63, 3.8) is 0 Å². The van der Waals surface area contributed by atoms with Crippen LogP contribution in [0.2, 0.25) is 0 Å². The summed E-state index contributed by atoms with van der Waals surface area (Å²) in [5.41, 5.74) is 5.97. The predicted molar refractivity (Wildman–Crippen MR) is 66.0 cm³/mol. The van der Waals surface area contributed by atoms with Gasteiger partial charge in [0.1, 0.15) is 5.60 Å². The molecule has 0 aromatic carbocycles. The van der Waals surface area contributed by atoms with E-state index in [9.17, 15) is 9.59 Å². The number of piperidine rings is 1. The number of carbonyl (C=O) groups excluding carboxylic acids is 2. The van der Waals surface area contributed by atoms with Crippen LogP contribution in [0, 0.1) is 0 Å². The lowest BCUT2D eigenvalue weighted by Crippen LogP contribution is -2.69. The summed E-state index contributed by atoms with van der Waals surface area (Å²) in [5, 5.41) is 0. The van der Waals surface area contributed by atoms with Gasteiger partial charge in [0.15, 0.2) is 5.66 Å². The van der Waals surface area contributed by atoms with Crippen molar-refractivity contribution in [3.8, 4) is 0 Å². The normalized spacial score (nSPS) is 24.6. The quantitative estimate of drug-likeness (QED) is 0.350. The number of nitrogens with zero attached hydrogens (tertiary/aromatic N) is 1. The molecule has 7 heteroatoms. The van der Waals surface area contributed by atoms with Crippen molar-refractivity contribution in [1.29, 1.82) is 0 Å². The molecule has 0 aromatic heterocycles. The van der Waals surface area contributed by atoms with Crippen LogP contribution >= 0.6 is 0 Å². The lowest BCUT2D eigenvalue weighted by molar-refractivity contribution is -0.135. The lowest BCUT2D eigenvalue weighted by Gasteiger charge is -2.42. The predicted octanol–water partition coefficient (Wildman–Crippen LogP) is 0.0523. The van der Waals surface area contributed by atoms with E-state index in [1.54, 1.807) is 20.8 Å². The second kappa shape index (κ2) is 5.11. The lowest BCUT2D eigenvalue weighted by atomic mass is 9.95. The molecule has 0 saturated carbocycles. The summed E-state index contributed by atoms with van der Waals surface area (Å²) in [6.07, 6.45) is 1.34. The SMILES string of the molecule is CC(C)(C)OC(=O)N1CCCCC1(N)C(=O)NN. The maximum Gasteiger partial charge on any atom is 0.412 e. The Labute approximate surface area is 107 Å². The van der Waals surface area contributed by atoms with Crippen LogP contribution in [0.1, 0.15) is 40.0 Å². The third-order valence-electron chi connectivity index (χ3n) is 2.81. The average molecular weight is 258 g/mol. The third kappa shape index (κ3) is 3.11. The van der Waals surface area contributed by atoms with Gasteiger partial charge in [-0.1, -0.05) is 0 Å². The fourth-order valence-corrected chi connectivity index (χ4v) is 1.93. The molecular weight excluding hydrogens is 236 g/mol. The number of rotatable bonds is 1. The van der Waals surface area contributed by atoms with Crippen LogP contribution in [0.15, 0.2) is 0 Å². The first kappa shape index (κ1) is 14.7. The van der Waals surface area contributed by atoms with Crippen LogP contribution in [-0.4, -0.2) is 34.7 Å².